The van der Waals surface area contributed by atoms with Crippen molar-refractivity contribution in [3.8, 4) is 0 Å². The van der Waals surface area contributed by atoms with Gasteiger partial charge < -0.3 is 15.0 Å². The first-order chi connectivity index (χ1) is 10.7. The van der Waals surface area contributed by atoms with Gasteiger partial charge in [0.25, 0.3) is 0 Å². The Balaban J connectivity index is 2.36. The molecule has 1 fully saturated rings. The van der Waals surface area contributed by atoms with Crippen molar-refractivity contribution >= 4 is 21.5 Å². The van der Waals surface area contributed by atoms with E-state index in [1.165, 1.54) is 6.26 Å². The highest BCUT2D eigenvalue weighted by molar-refractivity contribution is 7.93. The molecule has 1 aromatic rings. The van der Waals surface area contributed by atoms with Crippen molar-refractivity contribution < 1.29 is 13.7 Å². The predicted molar refractivity (Wildman–Crippen MR) is 90.3 cm³/mol. The zero-order valence-corrected chi connectivity index (χ0v) is 14.9. The lowest BCUT2D eigenvalue weighted by Gasteiger charge is -2.30. The van der Waals surface area contributed by atoms with Crippen molar-refractivity contribution in [1.82, 2.24) is 10.3 Å². The average molecular weight is 340 g/mol. The number of hydrogen-bond acceptors (Lipinski definition) is 6. The Morgan fingerprint density at radius 1 is 1.39 bits per heavy atom. The van der Waals surface area contributed by atoms with Crippen molar-refractivity contribution in [3.63, 3.8) is 0 Å². The number of aromatic nitrogens is 1. The second-order valence-electron chi connectivity index (χ2n) is 6.44. The van der Waals surface area contributed by atoms with Crippen molar-refractivity contribution in [2.24, 2.45) is 4.36 Å². The highest BCUT2D eigenvalue weighted by Gasteiger charge is 2.23. The molecule has 1 saturated heterocycles. The molecule has 2 rings (SSSR count). The fourth-order valence-electron chi connectivity index (χ4n) is 2.29. The first-order valence-corrected chi connectivity index (χ1v) is 9.47. The van der Waals surface area contributed by atoms with Gasteiger partial charge in [0.1, 0.15) is 15.3 Å². The van der Waals surface area contributed by atoms with Crippen molar-refractivity contribution in [1.29, 1.82) is 0 Å². The lowest BCUT2D eigenvalue weighted by molar-refractivity contribution is 0.0607. The SMILES string of the molecule is CC(C)(C)OC(=O)N=[S@@](C)(=O)c1ncccc1N1CCNCC1. The van der Waals surface area contributed by atoms with Crippen LogP contribution in [-0.2, 0) is 14.5 Å². The number of anilines is 1. The minimum absolute atomic E-state index is 0.327. The summed E-state index contributed by atoms with van der Waals surface area (Å²) in [5, 5.41) is 3.60. The molecule has 0 radical (unpaired) electrons. The van der Waals surface area contributed by atoms with Gasteiger partial charge in [0, 0.05) is 38.6 Å². The van der Waals surface area contributed by atoms with Gasteiger partial charge in [0.15, 0.2) is 5.03 Å². The third kappa shape index (κ3) is 4.90. The van der Waals surface area contributed by atoms with E-state index in [4.69, 9.17) is 4.74 Å². The number of nitrogens with one attached hydrogen (secondary N) is 1. The van der Waals surface area contributed by atoms with Crippen LogP contribution in [0.5, 0.6) is 0 Å². The highest BCUT2D eigenvalue weighted by atomic mass is 32.2. The van der Waals surface area contributed by atoms with E-state index >= 15 is 0 Å². The number of nitrogens with zero attached hydrogens (tertiary/aromatic N) is 3. The molecule has 0 spiro atoms. The van der Waals surface area contributed by atoms with Crippen LogP contribution in [0, 0.1) is 0 Å². The van der Waals surface area contributed by atoms with Gasteiger partial charge in [-0.1, -0.05) is 0 Å². The number of ether oxygens (including phenoxy) is 1. The predicted octanol–water partition coefficient (Wildman–Crippen LogP) is 1.88. The summed E-state index contributed by atoms with van der Waals surface area (Å²) in [6.45, 7) is 8.51. The van der Waals surface area contributed by atoms with Gasteiger partial charge in [0.05, 0.1) is 5.69 Å². The van der Waals surface area contributed by atoms with Gasteiger partial charge in [-0.3, -0.25) is 0 Å². The fourth-order valence-corrected chi connectivity index (χ4v) is 3.54. The van der Waals surface area contributed by atoms with E-state index in [0.29, 0.717) is 5.03 Å². The quantitative estimate of drug-likeness (QED) is 0.885. The number of pyridine rings is 1. The average Bonchev–Trinajstić information content (AvgIpc) is 2.45. The van der Waals surface area contributed by atoms with Crippen LogP contribution in [0.2, 0.25) is 0 Å². The molecule has 128 valence electrons. The first kappa shape index (κ1) is 17.7. The maximum atomic E-state index is 13.0. The van der Waals surface area contributed by atoms with E-state index in [0.717, 1.165) is 31.9 Å². The topological polar surface area (TPSA) is 83.9 Å². The van der Waals surface area contributed by atoms with Crippen LogP contribution in [-0.4, -0.2) is 53.3 Å². The maximum absolute atomic E-state index is 13.0. The summed E-state index contributed by atoms with van der Waals surface area (Å²) in [4.78, 5) is 18.3. The summed E-state index contributed by atoms with van der Waals surface area (Å²) in [5.74, 6) is 0. The molecule has 0 aromatic carbocycles. The van der Waals surface area contributed by atoms with Crippen LogP contribution in [0.25, 0.3) is 0 Å². The number of amides is 1. The Bertz CT molecular complexity index is 684. The second-order valence-corrected chi connectivity index (χ2v) is 8.61. The summed E-state index contributed by atoms with van der Waals surface area (Å²) < 4.78 is 21.9. The molecular formula is C15H24N4O3S. The summed E-state index contributed by atoms with van der Waals surface area (Å²) in [5.41, 5.74) is 0.0792. The van der Waals surface area contributed by atoms with Gasteiger partial charge in [-0.15, -0.1) is 4.36 Å². The highest BCUT2D eigenvalue weighted by Crippen LogP contribution is 2.24. The molecule has 0 unspecified atom stereocenters. The Morgan fingerprint density at radius 3 is 2.65 bits per heavy atom. The molecule has 1 amide bonds. The molecule has 1 N–H and O–H groups in total. The molecule has 7 nitrogen and oxygen atoms in total. The van der Waals surface area contributed by atoms with Crippen LogP contribution >= 0.6 is 0 Å². The van der Waals surface area contributed by atoms with Crippen LogP contribution in [0.3, 0.4) is 0 Å². The van der Waals surface area contributed by atoms with Gasteiger partial charge in [0.2, 0.25) is 0 Å². The molecule has 1 aliphatic rings. The van der Waals surface area contributed by atoms with Crippen LogP contribution in [0.15, 0.2) is 27.7 Å². The number of rotatable bonds is 2. The van der Waals surface area contributed by atoms with E-state index in [2.05, 4.69) is 19.6 Å². The van der Waals surface area contributed by atoms with Gasteiger partial charge in [-0.2, -0.15) is 0 Å². The van der Waals surface area contributed by atoms with Crippen molar-refractivity contribution in [2.75, 3.05) is 37.3 Å². The third-order valence-electron chi connectivity index (χ3n) is 3.21. The largest absolute Gasteiger partial charge is 0.442 e. The lowest BCUT2D eigenvalue weighted by Crippen LogP contribution is -2.44. The fraction of sp³-hybridized carbons (Fsp3) is 0.600. The van der Waals surface area contributed by atoms with Gasteiger partial charge in [-0.05, 0) is 32.9 Å². The number of piperazine rings is 1. The molecule has 0 bridgehead atoms. The summed E-state index contributed by atoms with van der Waals surface area (Å²) in [6.07, 6.45) is 2.15. The summed E-state index contributed by atoms with van der Waals surface area (Å²) in [6, 6.07) is 3.66. The molecule has 8 heteroatoms. The standard InChI is InChI=1S/C15H24N4O3S/c1-15(2,3)22-14(20)18-23(4,21)13-12(6-5-7-17-13)19-10-8-16-9-11-19/h5-7,16H,8-11H2,1-4H3/t23-/m0/s1. The van der Waals surface area contributed by atoms with E-state index in [1.807, 2.05) is 6.07 Å². The number of carbonyl (C=O) groups is 1. The Hall–Kier alpha value is -1.67. The molecule has 0 saturated carbocycles. The normalized spacial score (nSPS) is 18.2. The molecule has 1 aliphatic heterocycles. The minimum Gasteiger partial charge on any atom is -0.442 e. The van der Waals surface area contributed by atoms with Crippen molar-refractivity contribution in [3.05, 3.63) is 18.3 Å². The molecule has 2 heterocycles. The molecule has 1 aromatic heterocycles. The van der Waals surface area contributed by atoms with E-state index in [-0.39, 0.29) is 0 Å². The van der Waals surface area contributed by atoms with E-state index < -0.39 is 21.4 Å². The smallest absolute Gasteiger partial charge is 0.442 e. The van der Waals surface area contributed by atoms with Crippen LogP contribution in [0.1, 0.15) is 20.8 Å². The third-order valence-corrected chi connectivity index (χ3v) is 4.74. The first-order valence-electron chi connectivity index (χ1n) is 7.55. The van der Waals surface area contributed by atoms with E-state index in [1.54, 1.807) is 33.0 Å². The Kier molecular flexibility index (Phi) is 5.26. The molecule has 23 heavy (non-hydrogen) atoms. The van der Waals surface area contributed by atoms with Gasteiger partial charge >= 0.3 is 6.09 Å². The van der Waals surface area contributed by atoms with E-state index in [9.17, 15) is 9.00 Å². The Labute approximate surface area is 137 Å². The maximum Gasteiger partial charge on any atom is 0.442 e. The summed E-state index contributed by atoms with van der Waals surface area (Å²) >= 11 is 0. The number of hydrogen-bond donors (Lipinski definition) is 1. The zero-order chi connectivity index (χ0) is 17.1. The molecular weight excluding hydrogens is 316 g/mol. The second kappa shape index (κ2) is 6.84. The molecule has 0 aliphatic carbocycles. The number of carbonyl (C=O) groups excluding carboxylic acids is 1. The zero-order valence-electron chi connectivity index (χ0n) is 14.0. The summed E-state index contributed by atoms with van der Waals surface area (Å²) in [7, 11) is -2.98. The van der Waals surface area contributed by atoms with Crippen LogP contribution < -0.4 is 10.2 Å². The van der Waals surface area contributed by atoms with Crippen molar-refractivity contribution in [2.45, 2.75) is 31.4 Å². The lowest BCUT2D eigenvalue weighted by atomic mass is 10.2. The van der Waals surface area contributed by atoms with Crippen LogP contribution in [0.4, 0.5) is 10.5 Å². The Morgan fingerprint density at radius 2 is 2.04 bits per heavy atom. The van der Waals surface area contributed by atoms with Gasteiger partial charge in [-0.25, -0.2) is 14.0 Å². The molecule has 1 atom stereocenters. The monoisotopic (exact) mass is 340 g/mol. The minimum atomic E-state index is -2.98.